The van der Waals surface area contributed by atoms with Gasteiger partial charge in [-0.05, 0) is 13.0 Å². The van der Waals surface area contributed by atoms with E-state index >= 15 is 0 Å². The fourth-order valence-electron chi connectivity index (χ4n) is 0.683. The average Bonchev–Trinajstić information content (AvgIpc) is 2.04. The molecular weight excluding hydrogens is 124 g/mol. The Morgan fingerprint density at radius 2 is 1.80 bits per heavy atom. The maximum absolute atomic E-state index is 5.41. The predicted octanol–water partition coefficient (Wildman–Crippen LogP) is 1.36. The van der Waals surface area contributed by atoms with Crippen LogP contribution in [0.1, 0.15) is 34.1 Å². The molecule has 0 aromatic heterocycles. The van der Waals surface area contributed by atoms with Crippen LogP contribution in [-0.4, -0.2) is 19.1 Å². The molecule has 0 amide bonds. The molecule has 1 unspecified atom stereocenters. The lowest BCUT2D eigenvalue weighted by molar-refractivity contribution is 0.521. The molecule has 0 rings (SSSR count). The van der Waals surface area contributed by atoms with Crippen molar-refractivity contribution in [2.45, 2.75) is 40.2 Å². The van der Waals surface area contributed by atoms with Crippen molar-refractivity contribution in [2.24, 2.45) is 5.73 Å². The minimum absolute atomic E-state index is 0.528. The molecule has 0 aliphatic carbocycles. The number of nitrogens with two attached hydrogens (primary N) is 1. The summed E-state index contributed by atoms with van der Waals surface area (Å²) >= 11 is 0. The Morgan fingerprint density at radius 1 is 1.30 bits per heavy atom. The van der Waals surface area contributed by atoms with Gasteiger partial charge < -0.3 is 11.1 Å². The van der Waals surface area contributed by atoms with Crippen LogP contribution in [0.4, 0.5) is 0 Å². The molecule has 0 aromatic carbocycles. The Balaban J connectivity index is 0. The highest BCUT2D eigenvalue weighted by molar-refractivity contribution is 4.62. The molecule has 0 bridgehead atoms. The van der Waals surface area contributed by atoms with Crippen LogP contribution in [0.5, 0.6) is 0 Å². The largest absolute Gasteiger partial charge is 0.329 e. The molecule has 0 fully saturated rings. The quantitative estimate of drug-likeness (QED) is 0.628. The zero-order valence-corrected chi connectivity index (χ0v) is 7.78. The topological polar surface area (TPSA) is 38.0 Å². The van der Waals surface area contributed by atoms with E-state index in [0.29, 0.717) is 6.04 Å². The highest BCUT2D eigenvalue weighted by atomic mass is 14.9. The van der Waals surface area contributed by atoms with Crippen molar-refractivity contribution in [1.29, 1.82) is 0 Å². The number of nitrogens with one attached hydrogen (secondary N) is 1. The van der Waals surface area contributed by atoms with Crippen molar-refractivity contribution in [2.75, 3.05) is 13.1 Å². The number of hydrogen-bond donors (Lipinski definition) is 2. The van der Waals surface area contributed by atoms with E-state index in [1.165, 1.54) is 0 Å². The summed E-state index contributed by atoms with van der Waals surface area (Å²) < 4.78 is 0. The average molecular weight is 146 g/mol. The van der Waals surface area contributed by atoms with Gasteiger partial charge in [-0.1, -0.05) is 27.7 Å². The molecule has 0 aliphatic heterocycles. The molecule has 0 spiro atoms. The van der Waals surface area contributed by atoms with E-state index in [4.69, 9.17) is 5.73 Å². The van der Waals surface area contributed by atoms with Gasteiger partial charge in [-0.3, -0.25) is 0 Å². The van der Waals surface area contributed by atoms with Gasteiger partial charge in [0.05, 0.1) is 0 Å². The Bertz CT molecular complexity index is 42.5. The van der Waals surface area contributed by atoms with Gasteiger partial charge in [0.1, 0.15) is 0 Å². The molecule has 0 saturated carbocycles. The summed E-state index contributed by atoms with van der Waals surface area (Å²) in [5.74, 6) is 0. The molecule has 10 heavy (non-hydrogen) atoms. The van der Waals surface area contributed by atoms with Crippen molar-refractivity contribution in [1.82, 2.24) is 5.32 Å². The van der Waals surface area contributed by atoms with Gasteiger partial charge in [-0.15, -0.1) is 0 Å². The second kappa shape index (κ2) is 11.7. The normalized spacial score (nSPS) is 11.7. The molecule has 0 heterocycles. The predicted molar refractivity (Wildman–Crippen MR) is 48.2 cm³/mol. The Labute approximate surface area is 65.2 Å². The Kier molecular flexibility index (Phi) is 14.7. The van der Waals surface area contributed by atoms with E-state index in [9.17, 15) is 0 Å². The van der Waals surface area contributed by atoms with Crippen LogP contribution in [-0.2, 0) is 0 Å². The van der Waals surface area contributed by atoms with Crippen LogP contribution >= 0.6 is 0 Å². The van der Waals surface area contributed by atoms with Gasteiger partial charge in [-0.2, -0.15) is 0 Å². The highest BCUT2D eigenvalue weighted by Gasteiger charge is 1.97. The van der Waals surface area contributed by atoms with Gasteiger partial charge in [-0.25, -0.2) is 0 Å². The lowest BCUT2D eigenvalue weighted by Crippen LogP contribution is -2.34. The summed E-state index contributed by atoms with van der Waals surface area (Å²) in [6.07, 6.45) is 1.13. The van der Waals surface area contributed by atoms with E-state index in [-0.39, 0.29) is 0 Å². The second-order valence-electron chi connectivity index (χ2n) is 1.90. The zero-order chi connectivity index (χ0) is 8.41. The van der Waals surface area contributed by atoms with Crippen LogP contribution < -0.4 is 11.1 Å². The summed E-state index contributed by atoms with van der Waals surface area (Å²) in [5.41, 5.74) is 5.41. The highest BCUT2D eigenvalue weighted by Crippen LogP contribution is 1.84. The fraction of sp³-hybridized carbons (Fsp3) is 1.00. The van der Waals surface area contributed by atoms with Gasteiger partial charge in [0.2, 0.25) is 0 Å². The summed E-state index contributed by atoms with van der Waals surface area (Å²) in [5, 5.41) is 3.26. The third-order valence-electron chi connectivity index (χ3n) is 1.27. The molecule has 2 heteroatoms. The maximum Gasteiger partial charge on any atom is 0.0187 e. The molecule has 0 saturated heterocycles. The molecule has 0 aromatic rings. The lowest BCUT2D eigenvalue weighted by Gasteiger charge is -2.11. The summed E-state index contributed by atoms with van der Waals surface area (Å²) in [4.78, 5) is 0. The maximum atomic E-state index is 5.41. The molecule has 0 radical (unpaired) electrons. The van der Waals surface area contributed by atoms with Crippen molar-refractivity contribution in [3.8, 4) is 0 Å². The SMILES string of the molecule is CC.CCNC(CC)CN. The summed E-state index contributed by atoms with van der Waals surface area (Å²) in [6.45, 7) is 10.0. The van der Waals surface area contributed by atoms with Gasteiger partial charge >= 0.3 is 0 Å². The van der Waals surface area contributed by atoms with E-state index in [2.05, 4.69) is 19.2 Å². The van der Waals surface area contributed by atoms with Gasteiger partial charge in [0.25, 0.3) is 0 Å². The molecular formula is C8H22N2. The molecule has 0 aliphatic rings. The number of rotatable bonds is 4. The van der Waals surface area contributed by atoms with Crippen LogP contribution in [0.2, 0.25) is 0 Å². The van der Waals surface area contributed by atoms with Crippen molar-refractivity contribution < 1.29 is 0 Å². The van der Waals surface area contributed by atoms with E-state index in [0.717, 1.165) is 19.5 Å². The summed E-state index contributed by atoms with van der Waals surface area (Å²) in [6, 6.07) is 0.528. The molecule has 1 atom stereocenters. The molecule has 64 valence electrons. The second-order valence-corrected chi connectivity index (χ2v) is 1.90. The first-order valence-corrected chi connectivity index (χ1v) is 4.28. The van der Waals surface area contributed by atoms with E-state index in [1.54, 1.807) is 0 Å². The first-order chi connectivity index (χ1) is 4.85. The van der Waals surface area contributed by atoms with Crippen LogP contribution in [0.25, 0.3) is 0 Å². The van der Waals surface area contributed by atoms with Crippen LogP contribution in [0, 0.1) is 0 Å². The minimum Gasteiger partial charge on any atom is -0.329 e. The van der Waals surface area contributed by atoms with Crippen molar-refractivity contribution in [3.05, 3.63) is 0 Å². The molecule has 2 nitrogen and oxygen atoms in total. The number of hydrogen-bond acceptors (Lipinski definition) is 2. The van der Waals surface area contributed by atoms with Crippen LogP contribution in [0.3, 0.4) is 0 Å². The summed E-state index contributed by atoms with van der Waals surface area (Å²) in [7, 11) is 0. The van der Waals surface area contributed by atoms with Gasteiger partial charge in [0.15, 0.2) is 0 Å². The smallest absolute Gasteiger partial charge is 0.0187 e. The third-order valence-corrected chi connectivity index (χ3v) is 1.27. The van der Waals surface area contributed by atoms with Gasteiger partial charge in [0, 0.05) is 12.6 Å². The zero-order valence-electron chi connectivity index (χ0n) is 7.78. The van der Waals surface area contributed by atoms with Crippen molar-refractivity contribution in [3.63, 3.8) is 0 Å². The monoisotopic (exact) mass is 146 g/mol. The molecule has 3 N–H and O–H groups in total. The first-order valence-electron chi connectivity index (χ1n) is 4.28. The lowest BCUT2D eigenvalue weighted by atomic mass is 10.2. The standard InChI is InChI=1S/C6H16N2.C2H6/c1-3-6(5-7)8-4-2;1-2/h6,8H,3-5,7H2,1-2H3;1-2H3. The minimum atomic E-state index is 0.528. The Morgan fingerprint density at radius 3 is 1.90 bits per heavy atom. The van der Waals surface area contributed by atoms with Crippen molar-refractivity contribution >= 4 is 0 Å². The van der Waals surface area contributed by atoms with E-state index < -0.39 is 0 Å². The van der Waals surface area contributed by atoms with Crippen LogP contribution in [0.15, 0.2) is 0 Å². The first kappa shape index (κ1) is 12.6. The third kappa shape index (κ3) is 7.92. The Hall–Kier alpha value is -0.0800. The van der Waals surface area contributed by atoms with E-state index in [1.807, 2.05) is 13.8 Å². The fourth-order valence-corrected chi connectivity index (χ4v) is 0.683. The number of likely N-dealkylation sites (N-methyl/N-ethyl adjacent to an activating group) is 1.